The monoisotopic (exact) mass is 914 g/mol. The highest BCUT2D eigenvalue weighted by molar-refractivity contribution is 6.31. The molecular formula is C52H59ClN6O7. The van der Waals surface area contributed by atoms with Crippen molar-refractivity contribution in [3.05, 3.63) is 118 Å². The van der Waals surface area contributed by atoms with Crippen LogP contribution in [-0.2, 0) is 14.4 Å². The molecule has 3 aromatic carbocycles. The fourth-order valence-corrected chi connectivity index (χ4v) is 10.4. The quantitative estimate of drug-likeness (QED) is 0.123. The summed E-state index contributed by atoms with van der Waals surface area (Å²) in [5.41, 5.74) is 2.31. The lowest BCUT2D eigenvalue weighted by Crippen LogP contribution is -2.74. The lowest BCUT2D eigenvalue weighted by molar-refractivity contribution is -0.164. The van der Waals surface area contributed by atoms with Crippen LogP contribution in [0.3, 0.4) is 0 Å². The van der Waals surface area contributed by atoms with Gasteiger partial charge in [-0.25, -0.2) is 0 Å². The summed E-state index contributed by atoms with van der Waals surface area (Å²) >= 11 is 6.25. The number of aliphatic hydroxyl groups excluding tert-OH is 1. The molecule has 1 aliphatic carbocycles. The first-order valence-electron chi connectivity index (χ1n) is 22.7. The maximum atomic E-state index is 14.0. The Morgan fingerprint density at radius 2 is 1.67 bits per heavy atom. The normalized spacial score (nSPS) is 22.0. The molecular weight excluding hydrogens is 856 g/mol. The van der Waals surface area contributed by atoms with Gasteiger partial charge in [-0.1, -0.05) is 100 Å². The van der Waals surface area contributed by atoms with E-state index in [4.69, 9.17) is 20.9 Å². The van der Waals surface area contributed by atoms with Crippen molar-refractivity contribution in [2.75, 3.05) is 19.6 Å². The SMILES string of the molecule is Cc1cc([C@H](C(=O)N2C[C@H](O)C[C@H]2C(=O)N[C@@H](CC(=O)N2CCC(C#Cc3ccc(C(=O)NC4C(C)(C)C(Oc5ccc(C#N)c(Cl)c5)C4(C)C)cc3)CC2)c2ccccc2)C(C)C)on1. The van der Waals surface area contributed by atoms with Crippen molar-refractivity contribution in [3.63, 3.8) is 0 Å². The third-order valence-electron chi connectivity index (χ3n) is 13.5. The highest BCUT2D eigenvalue weighted by Gasteiger charge is 2.64. The Morgan fingerprint density at radius 1 is 0.985 bits per heavy atom. The second-order valence-electron chi connectivity index (χ2n) is 19.5. The van der Waals surface area contributed by atoms with E-state index in [1.165, 1.54) is 4.90 Å². The van der Waals surface area contributed by atoms with Crippen LogP contribution in [-0.4, -0.2) is 87.6 Å². The largest absolute Gasteiger partial charge is 0.489 e. The fraction of sp³-hybridized carbons (Fsp3) is 0.462. The van der Waals surface area contributed by atoms with Crippen LogP contribution < -0.4 is 15.4 Å². The highest BCUT2D eigenvalue weighted by atomic mass is 35.5. The molecule has 0 unspecified atom stereocenters. The molecule has 66 heavy (non-hydrogen) atoms. The minimum absolute atomic E-state index is 0.0123. The number of aromatic nitrogens is 1. The molecule has 0 radical (unpaired) electrons. The third-order valence-corrected chi connectivity index (χ3v) is 13.8. The number of amides is 4. The number of carbonyl (C=O) groups is 4. The topological polar surface area (TPSA) is 178 Å². The first kappa shape index (κ1) is 47.8. The van der Waals surface area contributed by atoms with Gasteiger partial charge in [0.1, 0.15) is 35.6 Å². The van der Waals surface area contributed by atoms with Crippen molar-refractivity contribution in [3.8, 4) is 23.7 Å². The second kappa shape index (κ2) is 19.8. The highest BCUT2D eigenvalue weighted by Crippen LogP contribution is 2.55. The molecule has 346 valence electrons. The Kier molecular flexibility index (Phi) is 14.3. The Morgan fingerprint density at radius 3 is 2.27 bits per heavy atom. The van der Waals surface area contributed by atoms with Gasteiger partial charge in [0.25, 0.3) is 5.91 Å². The van der Waals surface area contributed by atoms with Crippen LogP contribution in [0.2, 0.25) is 5.02 Å². The number of carbonyl (C=O) groups excluding carboxylic acids is 4. The van der Waals surface area contributed by atoms with E-state index >= 15 is 0 Å². The molecule has 3 aliphatic rings. The van der Waals surface area contributed by atoms with Gasteiger partial charge < -0.3 is 34.8 Å². The van der Waals surface area contributed by atoms with Crippen molar-refractivity contribution in [2.45, 2.75) is 110 Å². The van der Waals surface area contributed by atoms with Crippen LogP contribution >= 0.6 is 11.6 Å². The molecule has 3 N–H and O–H groups in total. The lowest BCUT2D eigenvalue weighted by atomic mass is 9.49. The predicted octanol–water partition coefficient (Wildman–Crippen LogP) is 7.36. The average Bonchev–Trinajstić information content (AvgIpc) is 3.91. The van der Waals surface area contributed by atoms with E-state index in [0.717, 1.165) is 11.1 Å². The van der Waals surface area contributed by atoms with Gasteiger partial charge in [0.2, 0.25) is 17.7 Å². The van der Waals surface area contributed by atoms with Crippen LogP contribution in [0.25, 0.3) is 0 Å². The number of rotatable bonds is 12. The van der Waals surface area contributed by atoms with Crippen LogP contribution in [0, 0.1) is 52.8 Å². The van der Waals surface area contributed by atoms with Crippen LogP contribution in [0.5, 0.6) is 5.75 Å². The smallest absolute Gasteiger partial charge is 0.251 e. The summed E-state index contributed by atoms with van der Waals surface area (Å²) in [5.74, 6) is 5.84. The molecule has 13 nitrogen and oxygen atoms in total. The zero-order chi connectivity index (χ0) is 47.5. The number of aryl methyl sites for hydroxylation is 1. The molecule has 3 fully saturated rings. The van der Waals surface area contributed by atoms with Gasteiger partial charge in [-0.05, 0) is 67.6 Å². The number of likely N-dealkylation sites (tertiary alicyclic amines) is 2. The third kappa shape index (κ3) is 10.3. The van der Waals surface area contributed by atoms with Crippen molar-refractivity contribution in [1.29, 1.82) is 5.26 Å². The number of nitriles is 1. The van der Waals surface area contributed by atoms with Crippen LogP contribution in [0.4, 0.5) is 0 Å². The number of halogens is 1. The summed E-state index contributed by atoms with van der Waals surface area (Å²) in [4.78, 5) is 58.6. The molecule has 14 heteroatoms. The molecule has 2 saturated heterocycles. The van der Waals surface area contributed by atoms with Crippen molar-refractivity contribution >= 4 is 35.2 Å². The molecule has 0 bridgehead atoms. The van der Waals surface area contributed by atoms with E-state index in [0.29, 0.717) is 59.3 Å². The first-order chi connectivity index (χ1) is 31.4. The molecule has 7 rings (SSSR count). The summed E-state index contributed by atoms with van der Waals surface area (Å²) in [6.07, 6.45) is 0.394. The van der Waals surface area contributed by atoms with E-state index in [-0.39, 0.29) is 61.1 Å². The number of hydrogen-bond acceptors (Lipinski definition) is 9. The van der Waals surface area contributed by atoms with E-state index in [1.807, 2.05) is 61.2 Å². The number of hydrogen-bond donors (Lipinski definition) is 3. The standard InChI is InChI=1S/C52H59ClN6O7/c1-31(2)45(43-25-32(3)57-66-43)48(64)59-30-38(60)26-42(59)47(63)55-41(35-11-9-8-10-12-35)28-44(61)58-23-21-34(22-24-58)14-13-33-15-17-36(18-16-33)46(62)56-49-51(4,5)50(52(49,6)7)65-39-20-19-37(29-54)40(53)27-39/h8-12,15-20,25,27,31,34,38,41-42,45,49-50,60H,21-24,26,28,30H2,1-7H3,(H,55,63)(H,56,62)/t38-,41+,42+,45-,49?,50?/m1/s1. The lowest BCUT2D eigenvalue weighted by Gasteiger charge is -2.63. The number of benzene rings is 3. The van der Waals surface area contributed by atoms with Gasteiger partial charge in [-0.2, -0.15) is 5.26 Å². The number of β-amino-alcohol motifs (C(OH)–C–C–N with tert-alkyl or cyclic N) is 1. The molecule has 4 atom stereocenters. The Hall–Kier alpha value is -6.15. The van der Waals surface area contributed by atoms with Crippen molar-refractivity contribution in [2.24, 2.45) is 22.7 Å². The van der Waals surface area contributed by atoms with E-state index in [9.17, 15) is 29.5 Å². The van der Waals surface area contributed by atoms with E-state index < -0.39 is 40.8 Å². The number of aliphatic hydroxyl groups is 1. The van der Waals surface area contributed by atoms with Gasteiger partial charge in [0, 0.05) is 72.1 Å². The average molecular weight is 916 g/mol. The Balaban J connectivity index is 0.920. The van der Waals surface area contributed by atoms with E-state index in [1.54, 1.807) is 43.3 Å². The minimum Gasteiger partial charge on any atom is -0.489 e. The maximum absolute atomic E-state index is 14.0. The summed E-state index contributed by atoms with van der Waals surface area (Å²) in [5, 5.41) is 30.5. The Bertz CT molecular complexity index is 2510. The Labute approximate surface area is 392 Å². The summed E-state index contributed by atoms with van der Waals surface area (Å²) < 4.78 is 11.8. The first-order valence-corrected chi connectivity index (χ1v) is 23.1. The zero-order valence-electron chi connectivity index (χ0n) is 38.6. The summed E-state index contributed by atoms with van der Waals surface area (Å²) in [7, 11) is 0. The molecule has 1 saturated carbocycles. The van der Waals surface area contributed by atoms with Gasteiger partial charge in [0.15, 0.2) is 0 Å². The molecule has 4 amide bonds. The molecule has 1 aromatic heterocycles. The maximum Gasteiger partial charge on any atom is 0.251 e. The summed E-state index contributed by atoms with van der Waals surface area (Å²) in [6.45, 7) is 14.9. The van der Waals surface area contributed by atoms with Crippen LogP contribution in [0.15, 0.2) is 83.4 Å². The van der Waals surface area contributed by atoms with Gasteiger partial charge in [-0.15, -0.1) is 0 Å². The minimum atomic E-state index is -0.925. The number of nitrogens with one attached hydrogen (secondary N) is 2. The fourth-order valence-electron chi connectivity index (χ4n) is 10.2. The van der Waals surface area contributed by atoms with Gasteiger partial charge >= 0.3 is 0 Å². The number of nitrogens with zero attached hydrogens (tertiary/aromatic N) is 4. The molecule has 4 aromatic rings. The zero-order valence-corrected chi connectivity index (χ0v) is 39.4. The van der Waals surface area contributed by atoms with Gasteiger partial charge in [0.05, 0.1) is 34.8 Å². The van der Waals surface area contributed by atoms with Crippen LogP contribution in [0.1, 0.15) is 118 Å². The molecule has 0 spiro atoms. The second-order valence-corrected chi connectivity index (χ2v) is 19.9. The number of ether oxygens (including phenoxy) is 1. The number of piperidine rings is 1. The van der Waals surface area contributed by atoms with E-state index in [2.05, 4.69) is 61.4 Å². The predicted molar refractivity (Wildman–Crippen MR) is 249 cm³/mol. The summed E-state index contributed by atoms with van der Waals surface area (Å²) in [6, 6.07) is 23.6. The van der Waals surface area contributed by atoms with Crippen molar-refractivity contribution in [1.82, 2.24) is 25.6 Å². The van der Waals surface area contributed by atoms with Crippen molar-refractivity contribution < 1.29 is 33.5 Å². The van der Waals surface area contributed by atoms with Gasteiger partial charge in [-0.3, -0.25) is 19.2 Å². The molecule has 3 heterocycles. The molecule has 2 aliphatic heterocycles.